The van der Waals surface area contributed by atoms with Crippen LogP contribution in [-0.4, -0.2) is 0 Å². The van der Waals surface area contributed by atoms with Gasteiger partial charge in [0, 0.05) is 0 Å². The molecule has 48 valence electrons. The molecule has 0 aromatic carbocycles. The highest BCUT2D eigenvalue weighted by molar-refractivity contribution is 4.52. The number of rotatable bonds is 0. The molecule has 0 heterocycles. The molecule has 0 aliphatic rings. The molecule has 0 amide bonds. The van der Waals surface area contributed by atoms with E-state index in [4.69, 9.17) is 0 Å². The molecule has 0 unspecified atom stereocenters. The summed E-state index contributed by atoms with van der Waals surface area (Å²) in [4.78, 5) is 0. The molecule has 0 atom stereocenters. The number of hydrogen-bond acceptors (Lipinski definition) is 0. The lowest BCUT2D eigenvalue weighted by Crippen LogP contribution is -0.844. The molecule has 0 N–H and O–H groups in total. The van der Waals surface area contributed by atoms with Gasteiger partial charge in [-0.1, -0.05) is 39.5 Å². The van der Waals surface area contributed by atoms with Crippen LogP contribution in [0, 0.1) is 0 Å². The van der Waals surface area contributed by atoms with E-state index in [0.29, 0.717) is 0 Å². The van der Waals surface area contributed by atoms with Crippen molar-refractivity contribution in [2.24, 2.45) is 0 Å². The normalized spacial score (nSPS) is 2.67. The van der Waals surface area contributed by atoms with Crippen LogP contribution in [0.2, 0.25) is 0 Å². The fourth-order valence-electron chi connectivity index (χ4n) is 0. The molecular formula is C9H12. The van der Waals surface area contributed by atoms with Crippen LogP contribution in [0.1, 0.15) is 0 Å². The van der Waals surface area contributed by atoms with Crippen molar-refractivity contribution < 1.29 is 0 Å². The van der Waals surface area contributed by atoms with Gasteiger partial charge in [-0.2, -0.15) is 0 Å². The minimum Gasteiger partial charge on any atom is -0.137 e. The van der Waals surface area contributed by atoms with Crippen LogP contribution in [0.4, 0.5) is 0 Å². The molecule has 0 rings (SSSR count). The van der Waals surface area contributed by atoms with Crippen molar-refractivity contribution in [1.82, 2.24) is 0 Å². The van der Waals surface area contributed by atoms with E-state index in [2.05, 4.69) is 56.7 Å². The van der Waals surface area contributed by atoms with Crippen molar-refractivity contribution >= 4 is 0 Å². The van der Waals surface area contributed by atoms with Gasteiger partial charge in [-0.05, 0) is 0 Å². The lowest BCUT2D eigenvalue weighted by Gasteiger charge is -1.10. The summed E-state index contributed by atoms with van der Waals surface area (Å²) in [6.07, 6.45) is 0. The summed E-state index contributed by atoms with van der Waals surface area (Å²) in [5.74, 6) is 0. The first kappa shape index (κ1) is 15.6. The van der Waals surface area contributed by atoms with E-state index in [1.807, 2.05) is 0 Å². The zero-order valence-electron chi connectivity index (χ0n) is 5.74. The van der Waals surface area contributed by atoms with E-state index in [1.165, 1.54) is 0 Å². The molecule has 0 aromatic heterocycles. The molecule has 0 aliphatic carbocycles. The molecule has 0 radical (unpaired) electrons. The van der Waals surface area contributed by atoms with Crippen LogP contribution >= 0.6 is 0 Å². The lowest BCUT2D eigenvalue weighted by molar-refractivity contribution is 2.51. The third-order valence-corrected chi connectivity index (χ3v) is 0. The molecule has 9 heavy (non-hydrogen) atoms. The second-order valence-electron chi connectivity index (χ2n) is 0.750. The standard InChI is InChI=1S/3C3H4/c3*1-3-2/h3*1-2H2. The van der Waals surface area contributed by atoms with Gasteiger partial charge in [0.05, 0.1) is 0 Å². The Labute approximate surface area is 57.5 Å². The third kappa shape index (κ3) is 65.8. The minimum atomic E-state index is 2.25. The van der Waals surface area contributed by atoms with Crippen molar-refractivity contribution in [2.45, 2.75) is 0 Å². The topological polar surface area (TPSA) is 0 Å². The summed E-state index contributed by atoms with van der Waals surface area (Å²) in [5, 5.41) is 0. The van der Waals surface area contributed by atoms with Gasteiger partial charge in [0.15, 0.2) is 0 Å². The van der Waals surface area contributed by atoms with Crippen molar-refractivity contribution in [3.05, 3.63) is 56.7 Å². The van der Waals surface area contributed by atoms with Gasteiger partial charge in [0.2, 0.25) is 0 Å². The fourth-order valence-corrected chi connectivity index (χ4v) is 0. The van der Waals surface area contributed by atoms with Crippen molar-refractivity contribution in [2.75, 3.05) is 0 Å². The molecule has 0 saturated carbocycles. The maximum Gasteiger partial charge on any atom is -0.0572 e. The van der Waals surface area contributed by atoms with E-state index in [0.717, 1.165) is 0 Å². The van der Waals surface area contributed by atoms with Crippen molar-refractivity contribution in [3.63, 3.8) is 0 Å². The Morgan fingerprint density at radius 3 is 0.444 bits per heavy atom. The average molecular weight is 120 g/mol. The molecule has 0 aliphatic heterocycles. The lowest BCUT2D eigenvalue weighted by atomic mass is 11.0. The van der Waals surface area contributed by atoms with Crippen LogP contribution in [0.3, 0.4) is 0 Å². The van der Waals surface area contributed by atoms with Crippen molar-refractivity contribution in [1.29, 1.82) is 0 Å². The Hall–Kier alpha value is -1.44. The van der Waals surface area contributed by atoms with E-state index < -0.39 is 0 Å². The highest BCUT2D eigenvalue weighted by Crippen LogP contribution is 1.16. The van der Waals surface area contributed by atoms with E-state index in [1.54, 1.807) is 0 Å². The van der Waals surface area contributed by atoms with Gasteiger partial charge in [-0.15, -0.1) is 17.2 Å². The Morgan fingerprint density at radius 2 is 0.444 bits per heavy atom. The first-order valence-electron chi connectivity index (χ1n) is 2.12. The van der Waals surface area contributed by atoms with Gasteiger partial charge in [0.25, 0.3) is 0 Å². The average Bonchev–Trinajstić information content (AvgIpc) is 1.70. The predicted molar refractivity (Wildman–Crippen MR) is 44.3 cm³/mol. The fraction of sp³-hybridized carbons (Fsp3) is 0. The number of hydrogen-bond donors (Lipinski definition) is 0. The zero-order chi connectivity index (χ0) is 8.12. The second-order valence-corrected chi connectivity index (χ2v) is 0.750. The Morgan fingerprint density at radius 1 is 0.444 bits per heavy atom. The summed E-state index contributed by atoms with van der Waals surface area (Å²) < 4.78 is 0. The highest BCUT2D eigenvalue weighted by atomic mass is 13.0. The summed E-state index contributed by atoms with van der Waals surface area (Å²) in [6.45, 7) is 18.8. The SMILES string of the molecule is C=C=C.C=C=C.C=C=C. The highest BCUT2D eigenvalue weighted by Gasteiger charge is 0.910. The van der Waals surface area contributed by atoms with E-state index in [9.17, 15) is 0 Å². The minimum absolute atomic E-state index is 2.25. The maximum atomic E-state index is 3.12. The quantitative estimate of drug-likeness (QED) is 0.431. The summed E-state index contributed by atoms with van der Waals surface area (Å²) in [5.41, 5.74) is 6.75. The van der Waals surface area contributed by atoms with Crippen LogP contribution in [0.25, 0.3) is 0 Å². The predicted octanol–water partition coefficient (Wildman–Crippen LogP) is 2.87. The molecule has 0 saturated heterocycles. The van der Waals surface area contributed by atoms with Gasteiger partial charge in [0.1, 0.15) is 0 Å². The first-order chi connectivity index (χ1) is 4.24. The summed E-state index contributed by atoms with van der Waals surface area (Å²) in [7, 11) is 0. The van der Waals surface area contributed by atoms with Gasteiger partial charge in [-0.25, -0.2) is 0 Å². The Kier molecular flexibility index (Phi) is 145. The van der Waals surface area contributed by atoms with Crippen molar-refractivity contribution in [3.8, 4) is 0 Å². The van der Waals surface area contributed by atoms with Crippen LogP contribution in [-0.2, 0) is 0 Å². The van der Waals surface area contributed by atoms with Gasteiger partial charge in [-0.3, -0.25) is 0 Å². The Bertz CT molecular complexity index is 91.6. The Balaban J connectivity index is -0.0000000600. The monoisotopic (exact) mass is 120 g/mol. The summed E-state index contributed by atoms with van der Waals surface area (Å²) in [6, 6.07) is 0. The van der Waals surface area contributed by atoms with Crippen LogP contribution < -0.4 is 0 Å². The molecule has 0 bridgehead atoms. The third-order valence-electron chi connectivity index (χ3n) is 0. The maximum absolute atomic E-state index is 3.12. The van der Waals surface area contributed by atoms with Crippen LogP contribution in [0.5, 0.6) is 0 Å². The summed E-state index contributed by atoms with van der Waals surface area (Å²) >= 11 is 0. The smallest absolute Gasteiger partial charge is 0.0572 e. The van der Waals surface area contributed by atoms with Gasteiger partial charge < -0.3 is 0 Å². The van der Waals surface area contributed by atoms with E-state index in [-0.39, 0.29) is 0 Å². The first-order valence-corrected chi connectivity index (χ1v) is 2.12. The van der Waals surface area contributed by atoms with E-state index >= 15 is 0 Å². The van der Waals surface area contributed by atoms with Gasteiger partial charge >= 0.3 is 0 Å². The zero-order valence-corrected chi connectivity index (χ0v) is 5.74. The molecule has 0 aromatic rings. The largest absolute Gasteiger partial charge is 0.137 e. The molecule has 0 heteroatoms. The molecule has 0 spiro atoms. The van der Waals surface area contributed by atoms with Crippen LogP contribution in [0.15, 0.2) is 56.7 Å². The molecular weight excluding hydrogens is 108 g/mol. The molecule has 0 fully saturated rings. The molecule has 0 nitrogen and oxygen atoms in total. The second kappa shape index (κ2) is 83.3.